The predicted molar refractivity (Wildman–Crippen MR) is 75.1 cm³/mol. The van der Waals surface area contributed by atoms with E-state index in [0.717, 1.165) is 4.47 Å². The number of benzene rings is 2. The second-order valence-electron chi connectivity index (χ2n) is 3.39. The van der Waals surface area contributed by atoms with Crippen molar-refractivity contribution < 1.29 is 4.74 Å². The number of hydrogen-bond donors (Lipinski definition) is 1. The lowest BCUT2D eigenvalue weighted by atomic mass is 10.3. The number of anilines is 1. The van der Waals surface area contributed by atoms with Crippen molar-refractivity contribution in [2.24, 2.45) is 0 Å². The molecule has 0 aromatic heterocycles. The topological polar surface area (TPSA) is 35.2 Å². The molecule has 2 nitrogen and oxygen atoms in total. The molecule has 2 aromatic carbocycles. The van der Waals surface area contributed by atoms with Crippen molar-refractivity contribution in [2.45, 2.75) is 0 Å². The van der Waals surface area contributed by atoms with E-state index in [1.165, 1.54) is 0 Å². The van der Waals surface area contributed by atoms with Crippen LogP contribution in [0.1, 0.15) is 0 Å². The SMILES string of the molecule is Nc1ccc(Br)cc1Oc1cc(Cl)cc(Cl)c1. The Hall–Kier alpha value is -0.900. The van der Waals surface area contributed by atoms with E-state index < -0.39 is 0 Å². The Morgan fingerprint density at radius 1 is 1.00 bits per heavy atom. The van der Waals surface area contributed by atoms with Gasteiger partial charge in [-0.05, 0) is 36.4 Å². The molecule has 0 aliphatic rings. The molecule has 0 saturated carbocycles. The molecule has 2 N–H and O–H groups in total. The van der Waals surface area contributed by atoms with Crippen LogP contribution in [-0.2, 0) is 0 Å². The summed E-state index contributed by atoms with van der Waals surface area (Å²) in [5, 5.41) is 1.03. The molecule has 17 heavy (non-hydrogen) atoms. The van der Waals surface area contributed by atoms with Crippen LogP contribution in [0.25, 0.3) is 0 Å². The molecule has 0 unspecified atom stereocenters. The highest BCUT2D eigenvalue weighted by atomic mass is 79.9. The second kappa shape index (κ2) is 5.17. The molecule has 0 aliphatic carbocycles. The third kappa shape index (κ3) is 3.28. The first-order valence-corrected chi connectivity index (χ1v) is 6.28. The van der Waals surface area contributed by atoms with Crippen molar-refractivity contribution >= 4 is 44.8 Å². The van der Waals surface area contributed by atoms with Gasteiger partial charge in [0.1, 0.15) is 5.75 Å². The van der Waals surface area contributed by atoms with E-state index in [9.17, 15) is 0 Å². The maximum Gasteiger partial charge on any atom is 0.151 e. The van der Waals surface area contributed by atoms with Crippen molar-refractivity contribution in [2.75, 3.05) is 5.73 Å². The normalized spacial score (nSPS) is 10.3. The van der Waals surface area contributed by atoms with E-state index in [0.29, 0.717) is 27.2 Å². The molecule has 0 atom stereocenters. The van der Waals surface area contributed by atoms with Crippen LogP contribution in [0.2, 0.25) is 10.0 Å². The maximum absolute atomic E-state index is 5.88. The van der Waals surface area contributed by atoms with Crippen LogP contribution in [0.4, 0.5) is 5.69 Å². The molecule has 2 rings (SSSR count). The zero-order valence-corrected chi connectivity index (χ0v) is 11.7. The largest absolute Gasteiger partial charge is 0.455 e. The highest BCUT2D eigenvalue weighted by Crippen LogP contribution is 2.33. The number of nitrogen functional groups attached to an aromatic ring is 1. The van der Waals surface area contributed by atoms with Gasteiger partial charge >= 0.3 is 0 Å². The maximum atomic E-state index is 5.88. The number of rotatable bonds is 2. The lowest BCUT2D eigenvalue weighted by molar-refractivity contribution is 0.485. The summed E-state index contributed by atoms with van der Waals surface area (Å²) in [4.78, 5) is 0. The van der Waals surface area contributed by atoms with Gasteiger partial charge in [0.15, 0.2) is 5.75 Å². The van der Waals surface area contributed by atoms with Crippen LogP contribution >= 0.6 is 39.1 Å². The summed E-state index contributed by atoms with van der Waals surface area (Å²) in [5.41, 5.74) is 6.35. The summed E-state index contributed by atoms with van der Waals surface area (Å²) in [6.07, 6.45) is 0. The van der Waals surface area contributed by atoms with Gasteiger partial charge in [-0.15, -0.1) is 0 Å². The standard InChI is InChI=1S/C12H8BrCl2NO/c13-7-1-2-11(16)12(3-7)17-10-5-8(14)4-9(15)6-10/h1-6H,16H2. The molecule has 0 aliphatic heterocycles. The van der Waals surface area contributed by atoms with Crippen LogP contribution in [0, 0.1) is 0 Å². The zero-order valence-electron chi connectivity index (χ0n) is 8.58. The Morgan fingerprint density at radius 2 is 1.65 bits per heavy atom. The minimum Gasteiger partial charge on any atom is -0.455 e. The molecule has 0 fully saturated rings. The highest BCUT2D eigenvalue weighted by Gasteiger charge is 2.05. The van der Waals surface area contributed by atoms with Crippen LogP contribution in [0.15, 0.2) is 40.9 Å². The zero-order chi connectivity index (χ0) is 12.4. The molecular weight excluding hydrogens is 325 g/mol. The summed E-state index contributed by atoms with van der Waals surface area (Å²) in [6.45, 7) is 0. The molecule has 0 heterocycles. The molecule has 0 saturated heterocycles. The van der Waals surface area contributed by atoms with Gasteiger partial charge < -0.3 is 10.5 Å². The first kappa shape index (κ1) is 12.6. The van der Waals surface area contributed by atoms with Crippen LogP contribution in [0.3, 0.4) is 0 Å². The lowest BCUT2D eigenvalue weighted by Crippen LogP contribution is -1.92. The van der Waals surface area contributed by atoms with Gasteiger partial charge in [-0.1, -0.05) is 39.1 Å². The van der Waals surface area contributed by atoms with E-state index in [2.05, 4.69) is 15.9 Å². The van der Waals surface area contributed by atoms with Gasteiger partial charge in [-0.25, -0.2) is 0 Å². The van der Waals surface area contributed by atoms with Crippen molar-refractivity contribution in [1.29, 1.82) is 0 Å². The molecule has 0 bridgehead atoms. The van der Waals surface area contributed by atoms with Crippen molar-refractivity contribution in [3.63, 3.8) is 0 Å². The minimum absolute atomic E-state index is 0.515. The second-order valence-corrected chi connectivity index (χ2v) is 5.18. The van der Waals surface area contributed by atoms with Crippen molar-refractivity contribution in [1.82, 2.24) is 0 Å². The number of nitrogens with two attached hydrogens (primary N) is 1. The van der Waals surface area contributed by atoms with E-state index in [1.54, 1.807) is 30.3 Å². The van der Waals surface area contributed by atoms with Gasteiger partial charge in [0.05, 0.1) is 5.69 Å². The minimum atomic E-state index is 0.515. The summed E-state index contributed by atoms with van der Waals surface area (Å²) in [5.74, 6) is 1.10. The van der Waals surface area contributed by atoms with E-state index in [-0.39, 0.29) is 0 Å². The average molecular weight is 333 g/mol. The fraction of sp³-hybridized carbons (Fsp3) is 0. The average Bonchev–Trinajstić information content (AvgIpc) is 2.22. The van der Waals surface area contributed by atoms with E-state index in [4.69, 9.17) is 33.7 Å². The van der Waals surface area contributed by atoms with Gasteiger partial charge in [0.25, 0.3) is 0 Å². The molecular formula is C12H8BrCl2NO. The summed E-state index contributed by atoms with van der Waals surface area (Å²) >= 11 is 15.1. The fourth-order valence-electron chi connectivity index (χ4n) is 1.31. The number of ether oxygens (including phenoxy) is 1. The van der Waals surface area contributed by atoms with Crippen molar-refractivity contribution in [3.8, 4) is 11.5 Å². The van der Waals surface area contributed by atoms with E-state index >= 15 is 0 Å². The van der Waals surface area contributed by atoms with Gasteiger partial charge in [-0.3, -0.25) is 0 Å². The molecule has 0 radical (unpaired) electrons. The molecule has 5 heteroatoms. The quantitative estimate of drug-likeness (QED) is 0.773. The molecule has 2 aromatic rings. The molecule has 88 valence electrons. The Bertz CT molecular complexity index is 540. The lowest BCUT2D eigenvalue weighted by Gasteiger charge is -2.09. The Labute approximate surface area is 117 Å². The number of halogens is 3. The van der Waals surface area contributed by atoms with Crippen LogP contribution in [-0.4, -0.2) is 0 Å². The third-order valence-corrected chi connectivity index (χ3v) is 2.97. The van der Waals surface area contributed by atoms with Gasteiger partial charge in [-0.2, -0.15) is 0 Å². The van der Waals surface area contributed by atoms with Crippen LogP contribution in [0.5, 0.6) is 11.5 Å². The first-order chi connectivity index (χ1) is 8.04. The van der Waals surface area contributed by atoms with Gasteiger partial charge in [0.2, 0.25) is 0 Å². The Kier molecular flexibility index (Phi) is 3.82. The van der Waals surface area contributed by atoms with E-state index in [1.807, 2.05) is 6.07 Å². The monoisotopic (exact) mass is 331 g/mol. The number of hydrogen-bond acceptors (Lipinski definition) is 2. The Balaban J connectivity index is 2.34. The smallest absolute Gasteiger partial charge is 0.151 e. The predicted octanol–water partition coefficient (Wildman–Crippen LogP) is 5.13. The molecule has 0 spiro atoms. The fourth-order valence-corrected chi connectivity index (χ4v) is 2.16. The first-order valence-electron chi connectivity index (χ1n) is 4.73. The summed E-state index contributed by atoms with van der Waals surface area (Å²) in [7, 11) is 0. The van der Waals surface area contributed by atoms with Crippen LogP contribution < -0.4 is 10.5 Å². The van der Waals surface area contributed by atoms with Gasteiger partial charge in [0, 0.05) is 14.5 Å². The summed E-state index contributed by atoms with van der Waals surface area (Å²) in [6, 6.07) is 10.4. The Morgan fingerprint density at radius 3 is 2.29 bits per heavy atom. The summed E-state index contributed by atoms with van der Waals surface area (Å²) < 4.78 is 6.51. The highest BCUT2D eigenvalue weighted by molar-refractivity contribution is 9.10. The molecule has 0 amide bonds. The van der Waals surface area contributed by atoms with Crippen molar-refractivity contribution in [3.05, 3.63) is 50.9 Å². The third-order valence-electron chi connectivity index (χ3n) is 2.04.